The zero-order chi connectivity index (χ0) is 17.4. The monoisotopic (exact) mass is 327 g/mol. The van der Waals surface area contributed by atoms with Crippen molar-refractivity contribution in [2.24, 2.45) is 4.99 Å². The molecule has 0 aliphatic carbocycles. The zero-order valence-corrected chi connectivity index (χ0v) is 14.7. The van der Waals surface area contributed by atoms with Gasteiger partial charge in [-0.25, -0.2) is 4.98 Å². The first kappa shape index (κ1) is 17.6. The molecule has 0 atom stereocenters. The molecule has 0 bridgehead atoms. The lowest BCUT2D eigenvalue weighted by molar-refractivity contribution is 0.414. The molecule has 0 aliphatic heterocycles. The molecule has 6 heteroatoms. The molecule has 0 aliphatic rings. The smallest absolute Gasteiger partial charge is 0.191 e. The number of rotatable bonds is 6. The van der Waals surface area contributed by atoms with E-state index in [1.807, 2.05) is 49.3 Å². The average molecular weight is 327 g/mol. The summed E-state index contributed by atoms with van der Waals surface area (Å²) in [5.74, 6) is 2.56. The Labute approximate surface area is 143 Å². The Bertz CT molecular complexity index is 667. The predicted octanol–water partition coefficient (Wildman–Crippen LogP) is 2.02. The summed E-state index contributed by atoms with van der Waals surface area (Å²) in [6, 6.07) is 12.0. The van der Waals surface area contributed by atoms with Crippen LogP contribution in [0, 0.1) is 0 Å². The largest absolute Gasteiger partial charge is 0.497 e. The molecule has 24 heavy (non-hydrogen) atoms. The summed E-state index contributed by atoms with van der Waals surface area (Å²) >= 11 is 0. The molecule has 0 unspecified atom stereocenters. The number of anilines is 1. The first-order valence-electron chi connectivity index (χ1n) is 7.82. The number of pyridine rings is 1. The number of aliphatic imine (C=N–C) groups is 1. The van der Waals surface area contributed by atoms with E-state index in [2.05, 4.69) is 26.7 Å². The Morgan fingerprint density at radius 2 is 1.83 bits per heavy atom. The molecular formula is C18H25N5O. The minimum absolute atomic E-state index is 0.656. The molecule has 0 saturated heterocycles. The first-order chi connectivity index (χ1) is 11.6. The van der Waals surface area contributed by atoms with E-state index < -0.39 is 0 Å². The summed E-state index contributed by atoms with van der Waals surface area (Å²) in [7, 11) is 7.41. The van der Waals surface area contributed by atoms with Crippen molar-refractivity contribution < 1.29 is 4.74 Å². The molecule has 1 aromatic carbocycles. The van der Waals surface area contributed by atoms with E-state index in [9.17, 15) is 0 Å². The summed E-state index contributed by atoms with van der Waals surface area (Å²) in [6.45, 7) is 1.35. The van der Waals surface area contributed by atoms with E-state index in [1.54, 1.807) is 20.4 Å². The number of hydrogen-bond donors (Lipinski definition) is 2. The zero-order valence-electron chi connectivity index (χ0n) is 14.7. The van der Waals surface area contributed by atoms with Crippen LogP contribution >= 0.6 is 0 Å². The number of hydrogen-bond acceptors (Lipinski definition) is 4. The Balaban J connectivity index is 1.91. The Kier molecular flexibility index (Phi) is 6.42. The number of aromatic nitrogens is 1. The van der Waals surface area contributed by atoms with Crippen LogP contribution in [0.4, 0.5) is 5.82 Å². The van der Waals surface area contributed by atoms with Gasteiger partial charge in [0.25, 0.3) is 0 Å². The van der Waals surface area contributed by atoms with Gasteiger partial charge >= 0.3 is 0 Å². The second-order valence-electron chi connectivity index (χ2n) is 5.51. The SMILES string of the molecule is CN=C(NCc1ccc(OC)cc1)NCc1cccnc1N(C)C. The highest BCUT2D eigenvalue weighted by atomic mass is 16.5. The van der Waals surface area contributed by atoms with Gasteiger partial charge in [0, 0.05) is 46.0 Å². The Morgan fingerprint density at radius 1 is 1.12 bits per heavy atom. The van der Waals surface area contributed by atoms with Gasteiger partial charge in [-0.3, -0.25) is 4.99 Å². The highest BCUT2D eigenvalue weighted by molar-refractivity contribution is 5.79. The minimum atomic E-state index is 0.656. The quantitative estimate of drug-likeness (QED) is 0.628. The van der Waals surface area contributed by atoms with Gasteiger partial charge in [0.15, 0.2) is 5.96 Å². The molecule has 2 aromatic rings. The van der Waals surface area contributed by atoms with E-state index in [0.717, 1.165) is 28.7 Å². The Morgan fingerprint density at radius 3 is 2.46 bits per heavy atom. The molecule has 2 rings (SSSR count). The fourth-order valence-corrected chi connectivity index (χ4v) is 2.30. The predicted molar refractivity (Wildman–Crippen MR) is 98.6 cm³/mol. The van der Waals surface area contributed by atoms with E-state index >= 15 is 0 Å². The van der Waals surface area contributed by atoms with Crippen LogP contribution in [0.3, 0.4) is 0 Å². The lowest BCUT2D eigenvalue weighted by Crippen LogP contribution is -2.36. The number of methoxy groups -OCH3 is 1. The molecule has 2 N–H and O–H groups in total. The number of nitrogens with zero attached hydrogens (tertiary/aromatic N) is 3. The highest BCUT2D eigenvalue weighted by Crippen LogP contribution is 2.14. The van der Waals surface area contributed by atoms with Crippen LogP contribution < -0.4 is 20.3 Å². The van der Waals surface area contributed by atoms with Crippen LogP contribution in [0.5, 0.6) is 5.75 Å². The third-order valence-electron chi connectivity index (χ3n) is 3.58. The van der Waals surface area contributed by atoms with Crippen molar-refractivity contribution in [1.29, 1.82) is 0 Å². The molecule has 0 saturated carbocycles. The summed E-state index contributed by atoms with van der Waals surface area (Å²) in [5.41, 5.74) is 2.28. The maximum Gasteiger partial charge on any atom is 0.191 e. The normalized spacial score (nSPS) is 11.1. The van der Waals surface area contributed by atoms with E-state index in [4.69, 9.17) is 4.74 Å². The van der Waals surface area contributed by atoms with Crippen LogP contribution in [0.15, 0.2) is 47.6 Å². The van der Waals surface area contributed by atoms with Crippen LogP contribution in [0.2, 0.25) is 0 Å². The molecule has 0 fully saturated rings. The van der Waals surface area contributed by atoms with Crippen molar-refractivity contribution in [2.45, 2.75) is 13.1 Å². The second kappa shape index (κ2) is 8.76. The lowest BCUT2D eigenvalue weighted by Gasteiger charge is -2.17. The van der Waals surface area contributed by atoms with Crippen molar-refractivity contribution >= 4 is 11.8 Å². The van der Waals surface area contributed by atoms with Gasteiger partial charge in [0.05, 0.1) is 7.11 Å². The topological polar surface area (TPSA) is 61.8 Å². The van der Waals surface area contributed by atoms with Crippen molar-refractivity contribution in [3.63, 3.8) is 0 Å². The molecule has 0 spiro atoms. The Hall–Kier alpha value is -2.76. The average Bonchev–Trinajstić information content (AvgIpc) is 2.62. The number of guanidine groups is 1. The molecule has 128 valence electrons. The summed E-state index contributed by atoms with van der Waals surface area (Å²) in [4.78, 5) is 10.7. The van der Waals surface area contributed by atoms with Gasteiger partial charge in [0.2, 0.25) is 0 Å². The molecule has 1 heterocycles. The molecule has 0 radical (unpaired) electrons. The van der Waals surface area contributed by atoms with Crippen LogP contribution in [-0.4, -0.2) is 39.2 Å². The summed E-state index contributed by atoms with van der Waals surface area (Å²) in [6.07, 6.45) is 1.80. The van der Waals surface area contributed by atoms with E-state index in [1.165, 1.54) is 0 Å². The third-order valence-corrected chi connectivity index (χ3v) is 3.58. The van der Waals surface area contributed by atoms with Crippen molar-refractivity contribution in [2.75, 3.05) is 33.2 Å². The maximum absolute atomic E-state index is 5.17. The number of ether oxygens (including phenoxy) is 1. The van der Waals surface area contributed by atoms with Gasteiger partial charge < -0.3 is 20.3 Å². The van der Waals surface area contributed by atoms with Crippen LogP contribution in [0.1, 0.15) is 11.1 Å². The second-order valence-corrected chi connectivity index (χ2v) is 5.51. The lowest BCUT2D eigenvalue weighted by atomic mass is 10.2. The van der Waals surface area contributed by atoms with Crippen molar-refractivity contribution in [3.05, 3.63) is 53.7 Å². The molecular weight excluding hydrogens is 302 g/mol. The summed E-state index contributed by atoms with van der Waals surface area (Å²) < 4.78 is 5.17. The van der Waals surface area contributed by atoms with Crippen molar-refractivity contribution in [1.82, 2.24) is 15.6 Å². The van der Waals surface area contributed by atoms with Crippen LogP contribution in [-0.2, 0) is 13.1 Å². The first-order valence-corrected chi connectivity index (χ1v) is 7.82. The summed E-state index contributed by atoms with van der Waals surface area (Å²) in [5, 5.41) is 6.63. The van der Waals surface area contributed by atoms with Gasteiger partial charge in [0.1, 0.15) is 11.6 Å². The third kappa shape index (κ3) is 4.87. The highest BCUT2D eigenvalue weighted by Gasteiger charge is 2.06. The van der Waals surface area contributed by atoms with Crippen LogP contribution in [0.25, 0.3) is 0 Å². The van der Waals surface area contributed by atoms with Gasteiger partial charge in [-0.1, -0.05) is 18.2 Å². The fraction of sp³-hybridized carbons (Fsp3) is 0.333. The maximum atomic E-state index is 5.17. The standard InChI is InChI=1S/C18H25N5O/c1-19-18(21-12-14-7-9-16(24-4)10-8-14)22-13-15-6-5-11-20-17(15)23(2)3/h5-11H,12-13H2,1-4H3,(H2,19,21,22). The van der Waals surface area contributed by atoms with Gasteiger partial charge in [-0.15, -0.1) is 0 Å². The minimum Gasteiger partial charge on any atom is -0.497 e. The molecule has 1 aromatic heterocycles. The molecule has 0 amide bonds. The number of benzene rings is 1. The van der Waals surface area contributed by atoms with Gasteiger partial charge in [-0.2, -0.15) is 0 Å². The number of nitrogens with one attached hydrogen (secondary N) is 2. The fourth-order valence-electron chi connectivity index (χ4n) is 2.30. The van der Waals surface area contributed by atoms with E-state index in [0.29, 0.717) is 13.1 Å². The molecule has 6 nitrogen and oxygen atoms in total. The van der Waals surface area contributed by atoms with E-state index in [-0.39, 0.29) is 0 Å². The van der Waals surface area contributed by atoms with Gasteiger partial charge in [-0.05, 0) is 23.8 Å². The van der Waals surface area contributed by atoms with Crippen molar-refractivity contribution in [3.8, 4) is 5.75 Å².